The number of methoxy groups -OCH3 is 1. The zero-order valence-electron chi connectivity index (χ0n) is 11.8. The van der Waals surface area contributed by atoms with Gasteiger partial charge >= 0.3 is 0 Å². The smallest absolute Gasteiger partial charge is 0.153 e. The van der Waals surface area contributed by atoms with E-state index in [4.69, 9.17) is 4.74 Å². The predicted octanol–water partition coefficient (Wildman–Crippen LogP) is 2.43. The van der Waals surface area contributed by atoms with E-state index < -0.39 is 0 Å². The molecular weight excluding hydrogens is 296 g/mol. The number of aryl methyl sites for hydroxylation is 1. The normalized spacial score (nSPS) is 16.6. The third kappa shape index (κ3) is 3.10. The molecule has 0 aromatic carbocycles. The zero-order valence-corrected chi connectivity index (χ0v) is 13.4. The van der Waals surface area contributed by atoms with E-state index in [0.29, 0.717) is 0 Å². The molecule has 104 valence electrons. The first-order valence-electron chi connectivity index (χ1n) is 6.33. The second-order valence-corrected chi connectivity index (χ2v) is 5.40. The molecule has 0 saturated carbocycles. The highest BCUT2D eigenvalue weighted by Gasteiger charge is 2.37. The second kappa shape index (κ2) is 6.63. The average molecular weight is 319 g/mol. The van der Waals surface area contributed by atoms with Gasteiger partial charge in [-0.3, -0.25) is 0 Å². The van der Waals surface area contributed by atoms with Crippen LogP contribution in [0.4, 0.5) is 0 Å². The van der Waals surface area contributed by atoms with Crippen molar-refractivity contribution in [1.29, 1.82) is 0 Å². The largest absolute Gasteiger partial charge is 0.376 e. The number of ether oxygens (including phenoxy) is 1. The Morgan fingerprint density at radius 2 is 2.17 bits per heavy atom. The quantitative estimate of drug-likeness (QED) is 0.839. The van der Waals surface area contributed by atoms with Gasteiger partial charge in [-0.1, -0.05) is 19.1 Å². The highest BCUT2D eigenvalue weighted by Crippen LogP contribution is 2.34. The molecule has 0 spiro atoms. The lowest BCUT2D eigenvalue weighted by atomic mass is 9.90. The van der Waals surface area contributed by atoms with Crippen molar-refractivity contribution in [3.63, 3.8) is 0 Å². The summed E-state index contributed by atoms with van der Waals surface area (Å²) in [5.41, 5.74) is 0.738. The summed E-state index contributed by atoms with van der Waals surface area (Å²) in [5.74, 6) is 0. The van der Waals surface area contributed by atoms with Crippen molar-refractivity contribution >= 4 is 15.9 Å². The Hall–Kier alpha value is -0.460. The van der Waals surface area contributed by atoms with Gasteiger partial charge in [0, 0.05) is 14.2 Å². The summed E-state index contributed by atoms with van der Waals surface area (Å²) >= 11 is 3.47. The molecule has 1 N–H and O–H groups in total. The zero-order chi connectivity index (χ0) is 13.8. The van der Waals surface area contributed by atoms with Crippen LogP contribution in [0.15, 0.2) is 4.60 Å². The third-order valence-electron chi connectivity index (χ3n) is 3.48. The van der Waals surface area contributed by atoms with Gasteiger partial charge in [0.2, 0.25) is 0 Å². The summed E-state index contributed by atoms with van der Waals surface area (Å²) in [5, 5.41) is 11.7. The minimum atomic E-state index is -0.285. The first-order valence-corrected chi connectivity index (χ1v) is 7.13. The first-order chi connectivity index (χ1) is 8.50. The van der Waals surface area contributed by atoms with Crippen LogP contribution in [0, 0.1) is 0 Å². The van der Waals surface area contributed by atoms with E-state index in [1.54, 1.807) is 11.8 Å². The van der Waals surface area contributed by atoms with Gasteiger partial charge in [0.25, 0.3) is 0 Å². The Morgan fingerprint density at radius 1 is 1.50 bits per heavy atom. The van der Waals surface area contributed by atoms with Crippen molar-refractivity contribution < 1.29 is 4.74 Å². The van der Waals surface area contributed by atoms with Crippen molar-refractivity contribution in [1.82, 2.24) is 20.3 Å². The predicted molar refractivity (Wildman–Crippen MR) is 75.4 cm³/mol. The molecule has 18 heavy (non-hydrogen) atoms. The number of rotatable bonds is 7. The molecule has 1 rings (SSSR count). The number of hydrogen-bond donors (Lipinski definition) is 1. The molecule has 0 bridgehead atoms. The van der Waals surface area contributed by atoms with Crippen LogP contribution in [0.3, 0.4) is 0 Å². The topological polar surface area (TPSA) is 52.0 Å². The Bertz CT molecular complexity index is 357. The highest BCUT2D eigenvalue weighted by atomic mass is 79.9. The number of nitrogens with one attached hydrogen (secondary N) is 1. The molecule has 5 nitrogen and oxygen atoms in total. The van der Waals surface area contributed by atoms with Crippen molar-refractivity contribution in [2.45, 2.75) is 45.3 Å². The van der Waals surface area contributed by atoms with Crippen LogP contribution in [-0.4, -0.2) is 34.2 Å². The lowest BCUT2D eigenvalue weighted by Gasteiger charge is -2.36. The molecule has 0 aliphatic carbocycles. The number of hydrogen-bond acceptors (Lipinski definition) is 4. The fourth-order valence-corrected chi connectivity index (χ4v) is 2.56. The molecule has 2 atom stereocenters. The standard InChI is InChI=1S/C12H23BrN4O/c1-6-8-14-10(12(3,7-2)18-5)9-11(13)15-16-17(9)4/h10,14H,6-8H2,1-5H3. The lowest BCUT2D eigenvalue weighted by molar-refractivity contribution is -0.0321. The molecule has 6 heteroatoms. The molecule has 0 saturated heterocycles. The van der Waals surface area contributed by atoms with Gasteiger partial charge < -0.3 is 10.1 Å². The van der Waals surface area contributed by atoms with E-state index in [0.717, 1.165) is 29.7 Å². The van der Waals surface area contributed by atoms with Crippen LogP contribution in [0.5, 0.6) is 0 Å². The minimum absolute atomic E-state index is 0.0572. The molecule has 0 aliphatic heterocycles. The summed E-state index contributed by atoms with van der Waals surface area (Å²) in [6.45, 7) is 7.32. The molecule has 2 unspecified atom stereocenters. The molecule has 1 heterocycles. The molecule has 0 aliphatic rings. The van der Waals surface area contributed by atoms with Gasteiger partial charge in [-0.25, -0.2) is 4.68 Å². The van der Waals surface area contributed by atoms with Gasteiger partial charge in [0.15, 0.2) is 4.60 Å². The maximum absolute atomic E-state index is 5.73. The molecule has 1 aromatic rings. The van der Waals surface area contributed by atoms with Crippen LogP contribution in [-0.2, 0) is 11.8 Å². The van der Waals surface area contributed by atoms with Gasteiger partial charge in [0.1, 0.15) is 0 Å². The Balaban J connectivity index is 3.12. The molecule has 0 radical (unpaired) electrons. The highest BCUT2D eigenvalue weighted by molar-refractivity contribution is 9.10. The van der Waals surface area contributed by atoms with Gasteiger partial charge in [-0.05, 0) is 42.2 Å². The van der Waals surface area contributed by atoms with Crippen LogP contribution >= 0.6 is 15.9 Å². The molecule has 0 fully saturated rings. The van der Waals surface area contributed by atoms with Crippen LogP contribution in [0.1, 0.15) is 45.3 Å². The minimum Gasteiger partial charge on any atom is -0.376 e. The summed E-state index contributed by atoms with van der Waals surface area (Å²) < 4.78 is 8.30. The maximum atomic E-state index is 5.73. The Labute approximate surface area is 117 Å². The van der Waals surface area contributed by atoms with Crippen molar-refractivity contribution in [3.8, 4) is 0 Å². The third-order valence-corrected chi connectivity index (χ3v) is 4.04. The van der Waals surface area contributed by atoms with Crippen LogP contribution in [0.25, 0.3) is 0 Å². The van der Waals surface area contributed by atoms with Crippen LogP contribution in [0.2, 0.25) is 0 Å². The van der Waals surface area contributed by atoms with E-state index in [1.165, 1.54) is 0 Å². The van der Waals surface area contributed by atoms with E-state index in [2.05, 4.69) is 52.3 Å². The van der Waals surface area contributed by atoms with Crippen molar-refractivity contribution in [2.75, 3.05) is 13.7 Å². The van der Waals surface area contributed by atoms with E-state index in [9.17, 15) is 0 Å². The summed E-state index contributed by atoms with van der Waals surface area (Å²) in [6, 6.07) is 0.0572. The summed E-state index contributed by atoms with van der Waals surface area (Å²) in [7, 11) is 3.65. The molecule has 1 aromatic heterocycles. The van der Waals surface area contributed by atoms with E-state index in [-0.39, 0.29) is 11.6 Å². The second-order valence-electron chi connectivity index (χ2n) is 4.65. The fourth-order valence-electron chi connectivity index (χ4n) is 2.00. The average Bonchev–Trinajstić information content (AvgIpc) is 2.70. The Morgan fingerprint density at radius 3 is 2.56 bits per heavy atom. The SMILES string of the molecule is CCCNC(c1c(Br)nnn1C)C(C)(CC)OC. The van der Waals surface area contributed by atoms with E-state index in [1.807, 2.05) is 7.05 Å². The van der Waals surface area contributed by atoms with Crippen molar-refractivity contribution in [3.05, 3.63) is 10.3 Å². The van der Waals surface area contributed by atoms with E-state index >= 15 is 0 Å². The number of aromatic nitrogens is 3. The summed E-state index contributed by atoms with van der Waals surface area (Å²) in [6.07, 6.45) is 1.98. The molecular formula is C12H23BrN4O. The van der Waals surface area contributed by atoms with Crippen molar-refractivity contribution in [2.24, 2.45) is 7.05 Å². The number of nitrogens with zero attached hydrogens (tertiary/aromatic N) is 3. The first kappa shape index (κ1) is 15.6. The summed E-state index contributed by atoms with van der Waals surface area (Å²) in [4.78, 5) is 0. The lowest BCUT2D eigenvalue weighted by Crippen LogP contribution is -2.44. The monoisotopic (exact) mass is 318 g/mol. The Kier molecular flexibility index (Phi) is 5.75. The van der Waals surface area contributed by atoms with Crippen LogP contribution < -0.4 is 5.32 Å². The van der Waals surface area contributed by atoms with Gasteiger partial charge in [-0.2, -0.15) is 0 Å². The van der Waals surface area contributed by atoms with Gasteiger partial charge in [-0.15, -0.1) is 5.10 Å². The van der Waals surface area contributed by atoms with Gasteiger partial charge in [0.05, 0.1) is 17.3 Å². The maximum Gasteiger partial charge on any atom is 0.153 e. The number of halogens is 1. The molecule has 0 amide bonds. The fraction of sp³-hybridized carbons (Fsp3) is 0.833.